The van der Waals surface area contributed by atoms with Crippen LogP contribution in [-0.4, -0.2) is 37.0 Å². The van der Waals surface area contributed by atoms with Crippen LogP contribution in [0.5, 0.6) is 0 Å². The van der Waals surface area contributed by atoms with E-state index in [1.807, 2.05) is 0 Å². The third kappa shape index (κ3) is 2.04. The SMILES string of the molecule is CC1CC1NC(=O)C1CNC(=O)CN1. The van der Waals surface area contributed by atoms with E-state index in [0.717, 1.165) is 6.42 Å². The van der Waals surface area contributed by atoms with Gasteiger partial charge in [0, 0.05) is 12.6 Å². The quantitative estimate of drug-likeness (QED) is 0.510. The van der Waals surface area contributed by atoms with E-state index >= 15 is 0 Å². The predicted molar refractivity (Wildman–Crippen MR) is 50.5 cm³/mol. The minimum Gasteiger partial charge on any atom is -0.353 e. The van der Waals surface area contributed by atoms with Gasteiger partial charge in [-0.15, -0.1) is 0 Å². The lowest BCUT2D eigenvalue weighted by atomic mass is 10.2. The summed E-state index contributed by atoms with van der Waals surface area (Å²) in [6, 6.07) is 0.0856. The number of amides is 2. The Kier molecular flexibility index (Phi) is 2.41. The minimum absolute atomic E-state index is 0.000602. The monoisotopic (exact) mass is 197 g/mol. The number of piperazine rings is 1. The fourth-order valence-corrected chi connectivity index (χ4v) is 1.56. The van der Waals surface area contributed by atoms with Crippen LogP contribution in [0.25, 0.3) is 0 Å². The van der Waals surface area contributed by atoms with E-state index in [-0.39, 0.29) is 24.4 Å². The second-order valence-electron chi connectivity index (χ2n) is 4.07. The van der Waals surface area contributed by atoms with E-state index in [0.29, 0.717) is 18.5 Å². The van der Waals surface area contributed by atoms with Gasteiger partial charge in [0.15, 0.2) is 0 Å². The second kappa shape index (κ2) is 3.57. The molecular formula is C9H15N3O2. The summed E-state index contributed by atoms with van der Waals surface area (Å²) in [6.07, 6.45) is 1.07. The molecule has 5 nitrogen and oxygen atoms in total. The third-order valence-electron chi connectivity index (χ3n) is 2.77. The summed E-state index contributed by atoms with van der Waals surface area (Å²) in [4.78, 5) is 22.4. The smallest absolute Gasteiger partial charge is 0.239 e. The van der Waals surface area contributed by atoms with Gasteiger partial charge >= 0.3 is 0 Å². The Bertz CT molecular complexity index is 257. The van der Waals surface area contributed by atoms with Crippen molar-refractivity contribution < 1.29 is 9.59 Å². The largest absolute Gasteiger partial charge is 0.353 e. The fraction of sp³-hybridized carbons (Fsp3) is 0.778. The van der Waals surface area contributed by atoms with Crippen molar-refractivity contribution >= 4 is 11.8 Å². The molecule has 78 valence electrons. The lowest BCUT2D eigenvalue weighted by molar-refractivity contribution is -0.126. The van der Waals surface area contributed by atoms with Crippen LogP contribution in [-0.2, 0) is 9.59 Å². The molecule has 1 saturated carbocycles. The molecular weight excluding hydrogens is 182 g/mol. The Labute approximate surface area is 82.6 Å². The maximum Gasteiger partial charge on any atom is 0.239 e. The van der Waals surface area contributed by atoms with Crippen LogP contribution in [0.4, 0.5) is 0 Å². The van der Waals surface area contributed by atoms with Gasteiger partial charge in [0.05, 0.1) is 6.54 Å². The maximum atomic E-state index is 11.6. The number of nitrogens with one attached hydrogen (secondary N) is 3. The molecule has 1 aliphatic carbocycles. The van der Waals surface area contributed by atoms with Crippen LogP contribution in [0.15, 0.2) is 0 Å². The zero-order chi connectivity index (χ0) is 10.1. The molecule has 1 heterocycles. The Morgan fingerprint density at radius 2 is 2.29 bits per heavy atom. The van der Waals surface area contributed by atoms with E-state index in [4.69, 9.17) is 0 Å². The number of hydrogen-bond donors (Lipinski definition) is 3. The van der Waals surface area contributed by atoms with Gasteiger partial charge in [0.1, 0.15) is 6.04 Å². The maximum absolute atomic E-state index is 11.6. The first-order valence-electron chi connectivity index (χ1n) is 4.97. The molecule has 1 aliphatic heterocycles. The van der Waals surface area contributed by atoms with Gasteiger partial charge in [-0.1, -0.05) is 6.92 Å². The number of carbonyl (C=O) groups excluding carboxylic acids is 2. The number of hydrogen-bond acceptors (Lipinski definition) is 3. The lowest BCUT2D eigenvalue weighted by Crippen LogP contribution is -2.58. The van der Waals surface area contributed by atoms with Crippen LogP contribution >= 0.6 is 0 Å². The minimum atomic E-state index is -0.263. The van der Waals surface area contributed by atoms with Crippen LogP contribution in [0, 0.1) is 5.92 Å². The van der Waals surface area contributed by atoms with Crippen LogP contribution in [0.1, 0.15) is 13.3 Å². The average Bonchev–Trinajstić information content (AvgIpc) is 2.82. The van der Waals surface area contributed by atoms with E-state index in [9.17, 15) is 9.59 Å². The van der Waals surface area contributed by atoms with Crippen LogP contribution in [0.3, 0.4) is 0 Å². The predicted octanol–water partition coefficient (Wildman–Crippen LogP) is -1.40. The molecule has 0 bridgehead atoms. The highest BCUT2D eigenvalue weighted by Crippen LogP contribution is 2.28. The van der Waals surface area contributed by atoms with Crippen molar-refractivity contribution in [1.29, 1.82) is 0 Å². The molecule has 14 heavy (non-hydrogen) atoms. The Hall–Kier alpha value is -1.10. The molecule has 0 aromatic carbocycles. The molecule has 0 radical (unpaired) electrons. The first-order valence-corrected chi connectivity index (χ1v) is 4.97. The van der Waals surface area contributed by atoms with E-state index in [2.05, 4.69) is 22.9 Å². The van der Waals surface area contributed by atoms with E-state index < -0.39 is 0 Å². The highest BCUT2D eigenvalue weighted by molar-refractivity contribution is 5.87. The molecule has 2 fully saturated rings. The molecule has 5 heteroatoms. The molecule has 3 unspecified atom stereocenters. The fourth-order valence-electron chi connectivity index (χ4n) is 1.56. The topological polar surface area (TPSA) is 70.2 Å². The van der Waals surface area contributed by atoms with Gasteiger partial charge in [-0.2, -0.15) is 0 Å². The molecule has 2 amide bonds. The molecule has 1 saturated heterocycles. The van der Waals surface area contributed by atoms with E-state index in [1.54, 1.807) is 0 Å². The summed E-state index contributed by atoms with van der Waals surface area (Å²) in [6.45, 7) is 2.74. The van der Waals surface area contributed by atoms with Crippen molar-refractivity contribution in [3.8, 4) is 0 Å². The van der Waals surface area contributed by atoms with Crippen molar-refractivity contribution in [2.75, 3.05) is 13.1 Å². The summed E-state index contributed by atoms with van der Waals surface area (Å²) < 4.78 is 0. The zero-order valence-corrected chi connectivity index (χ0v) is 8.17. The molecule has 2 rings (SSSR count). The van der Waals surface area contributed by atoms with Crippen LogP contribution in [0.2, 0.25) is 0 Å². The average molecular weight is 197 g/mol. The summed E-state index contributed by atoms with van der Waals surface area (Å²) in [7, 11) is 0. The zero-order valence-electron chi connectivity index (χ0n) is 8.17. The number of rotatable bonds is 2. The second-order valence-corrected chi connectivity index (χ2v) is 4.07. The Morgan fingerprint density at radius 3 is 2.79 bits per heavy atom. The van der Waals surface area contributed by atoms with Gasteiger partial charge in [-0.25, -0.2) is 0 Å². The Morgan fingerprint density at radius 1 is 1.57 bits per heavy atom. The first-order chi connectivity index (χ1) is 6.66. The highest BCUT2D eigenvalue weighted by Gasteiger charge is 2.36. The van der Waals surface area contributed by atoms with Gasteiger partial charge < -0.3 is 10.6 Å². The van der Waals surface area contributed by atoms with Gasteiger partial charge in [-0.3, -0.25) is 14.9 Å². The van der Waals surface area contributed by atoms with Gasteiger partial charge in [0.2, 0.25) is 11.8 Å². The normalized spacial score (nSPS) is 36.1. The summed E-state index contributed by atoms with van der Waals surface area (Å²) >= 11 is 0. The Balaban J connectivity index is 1.77. The molecule has 0 aromatic rings. The summed E-state index contributed by atoms with van der Waals surface area (Å²) in [5, 5.41) is 8.48. The lowest BCUT2D eigenvalue weighted by Gasteiger charge is -2.23. The summed E-state index contributed by atoms with van der Waals surface area (Å²) in [5.74, 6) is 0.560. The van der Waals surface area contributed by atoms with Crippen LogP contribution < -0.4 is 16.0 Å². The summed E-state index contributed by atoms with van der Waals surface area (Å²) in [5.41, 5.74) is 0. The molecule has 3 N–H and O–H groups in total. The van der Waals surface area contributed by atoms with Crippen molar-refractivity contribution in [3.63, 3.8) is 0 Å². The van der Waals surface area contributed by atoms with Crippen molar-refractivity contribution in [3.05, 3.63) is 0 Å². The number of carbonyl (C=O) groups is 2. The first kappa shape index (κ1) is 9.45. The molecule has 3 atom stereocenters. The standard InChI is InChI=1S/C9H15N3O2/c1-5-2-6(5)12-9(14)7-3-11-8(13)4-10-7/h5-7,10H,2-4H2,1H3,(H,11,13)(H,12,14). The van der Waals surface area contributed by atoms with Crippen molar-refractivity contribution in [2.45, 2.75) is 25.4 Å². The van der Waals surface area contributed by atoms with Crippen molar-refractivity contribution in [1.82, 2.24) is 16.0 Å². The molecule has 2 aliphatic rings. The van der Waals surface area contributed by atoms with E-state index in [1.165, 1.54) is 0 Å². The molecule has 0 spiro atoms. The van der Waals surface area contributed by atoms with Gasteiger partial charge in [-0.05, 0) is 12.3 Å². The van der Waals surface area contributed by atoms with Crippen molar-refractivity contribution in [2.24, 2.45) is 5.92 Å². The highest BCUT2D eigenvalue weighted by atomic mass is 16.2. The molecule has 0 aromatic heterocycles. The van der Waals surface area contributed by atoms with Gasteiger partial charge in [0.25, 0.3) is 0 Å². The third-order valence-corrected chi connectivity index (χ3v) is 2.77.